The summed E-state index contributed by atoms with van der Waals surface area (Å²) in [5.41, 5.74) is 1.38. The van der Waals surface area contributed by atoms with E-state index in [1.165, 1.54) is 97.4 Å². The third kappa shape index (κ3) is 5.24. The van der Waals surface area contributed by atoms with Gasteiger partial charge in [-0.1, -0.05) is 0 Å². The maximum absolute atomic E-state index is 2.83. The Labute approximate surface area is 187 Å². The molecule has 3 saturated heterocycles. The topological polar surface area (TPSA) is 13.0 Å². The number of nitrogens with zero attached hydrogens (tertiary/aromatic N) is 4. The molecule has 1 saturated carbocycles. The lowest BCUT2D eigenvalue weighted by molar-refractivity contribution is -0.0626. The van der Waals surface area contributed by atoms with Crippen LogP contribution in [0.5, 0.6) is 0 Å². The molecule has 0 aromatic heterocycles. The maximum Gasteiger partial charge on any atom is 0.0126 e. The van der Waals surface area contributed by atoms with Gasteiger partial charge in [0.1, 0.15) is 0 Å². The molecule has 4 heteroatoms. The number of piperazine rings is 1. The molecule has 0 radical (unpaired) electrons. The van der Waals surface area contributed by atoms with Crippen LogP contribution in [-0.2, 0) is 0 Å². The van der Waals surface area contributed by atoms with Gasteiger partial charge in [0.2, 0.25) is 0 Å². The van der Waals surface area contributed by atoms with Crippen LogP contribution < -0.4 is 0 Å². The molecule has 4 rings (SSSR count). The summed E-state index contributed by atoms with van der Waals surface area (Å²) in [7, 11) is 0. The zero-order valence-corrected chi connectivity index (χ0v) is 21.1. The molecule has 3 aliphatic heterocycles. The van der Waals surface area contributed by atoms with Gasteiger partial charge in [0.05, 0.1) is 0 Å². The smallest absolute Gasteiger partial charge is 0.0126 e. The molecule has 1 spiro atoms. The van der Waals surface area contributed by atoms with Crippen molar-refractivity contribution in [2.45, 2.75) is 97.2 Å². The van der Waals surface area contributed by atoms with Crippen LogP contribution in [-0.4, -0.2) is 95.6 Å². The first kappa shape index (κ1) is 23.0. The van der Waals surface area contributed by atoms with Crippen molar-refractivity contribution in [2.75, 3.05) is 58.9 Å². The lowest BCUT2D eigenvalue weighted by Crippen LogP contribution is -2.61. The zero-order valence-electron chi connectivity index (χ0n) is 21.1. The van der Waals surface area contributed by atoms with Gasteiger partial charge in [0.15, 0.2) is 0 Å². The van der Waals surface area contributed by atoms with Gasteiger partial charge in [0, 0.05) is 62.9 Å². The Bertz CT molecular complexity index is 535. The van der Waals surface area contributed by atoms with Crippen molar-refractivity contribution in [3.05, 3.63) is 0 Å². The molecule has 30 heavy (non-hydrogen) atoms. The van der Waals surface area contributed by atoms with E-state index in [0.29, 0.717) is 16.5 Å². The summed E-state index contributed by atoms with van der Waals surface area (Å²) < 4.78 is 0. The van der Waals surface area contributed by atoms with Gasteiger partial charge in [0.25, 0.3) is 0 Å². The van der Waals surface area contributed by atoms with Gasteiger partial charge in [-0.2, -0.15) is 0 Å². The fourth-order valence-electron chi connectivity index (χ4n) is 6.84. The molecular formula is C26H50N4. The first-order valence-corrected chi connectivity index (χ1v) is 13.0. The minimum atomic E-state index is 0.335. The Morgan fingerprint density at radius 1 is 0.667 bits per heavy atom. The summed E-state index contributed by atoms with van der Waals surface area (Å²) >= 11 is 0. The number of rotatable bonds is 3. The van der Waals surface area contributed by atoms with Crippen molar-refractivity contribution >= 4 is 0 Å². The number of piperidine rings is 1. The van der Waals surface area contributed by atoms with Crippen LogP contribution in [0.25, 0.3) is 0 Å². The fourth-order valence-corrected chi connectivity index (χ4v) is 6.84. The van der Waals surface area contributed by atoms with Gasteiger partial charge >= 0.3 is 0 Å². The molecule has 174 valence electrons. The Hall–Kier alpha value is -0.160. The normalized spacial score (nSPS) is 29.4. The largest absolute Gasteiger partial charge is 0.302 e. The van der Waals surface area contributed by atoms with Crippen molar-refractivity contribution in [1.29, 1.82) is 0 Å². The van der Waals surface area contributed by atoms with Gasteiger partial charge in [-0.15, -0.1) is 0 Å². The van der Waals surface area contributed by atoms with Crippen molar-refractivity contribution in [3.63, 3.8) is 0 Å². The minimum Gasteiger partial charge on any atom is -0.302 e. The quantitative estimate of drug-likeness (QED) is 0.682. The highest BCUT2D eigenvalue weighted by atomic mass is 15.3. The van der Waals surface area contributed by atoms with E-state index in [9.17, 15) is 0 Å². The van der Waals surface area contributed by atoms with Crippen molar-refractivity contribution in [3.8, 4) is 0 Å². The zero-order chi connectivity index (χ0) is 21.6. The van der Waals surface area contributed by atoms with E-state index in [0.717, 1.165) is 12.0 Å². The summed E-state index contributed by atoms with van der Waals surface area (Å²) in [5.74, 6) is 0.941. The van der Waals surface area contributed by atoms with Crippen LogP contribution in [0.2, 0.25) is 0 Å². The summed E-state index contributed by atoms with van der Waals surface area (Å²) in [6.07, 6.45) is 8.68. The second kappa shape index (κ2) is 8.65. The highest BCUT2D eigenvalue weighted by Crippen LogP contribution is 2.45. The van der Waals surface area contributed by atoms with Crippen LogP contribution in [0.15, 0.2) is 0 Å². The summed E-state index contributed by atoms with van der Waals surface area (Å²) in [5, 5.41) is 0. The monoisotopic (exact) mass is 418 g/mol. The summed E-state index contributed by atoms with van der Waals surface area (Å²) in [4.78, 5) is 11.0. The Balaban J connectivity index is 1.14. The molecule has 0 unspecified atom stereocenters. The molecule has 4 aliphatic rings. The lowest BCUT2D eigenvalue weighted by atomic mass is 9.67. The average Bonchev–Trinajstić information content (AvgIpc) is 2.66. The molecule has 1 aliphatic carbocycles. The van der Waals surface area contributed by atoms with Crippen LogP contribution in [0.3, 0.4) is 0 Å². The molecule has 4 fully saturated rings. The third-order valence-corrected chi connectivity index (χ3v) is 8.99. The van der Waals surface area contributed by atoms with Crippen LogP contribution >= 0.6 is 0 Å². The standard InChI is InChI=1S/C26H50N4/c1-24(2,3)29-13-9-22(10-14-29)19-27-20-26(21-27)11-7-23(8-12-26)28-15-17-30(18-16-28)25(4,5)6/h22-23H,7-21H2,1-6H3. The molecule has 0 aromatic carbocycles. The Kier molecular flexibility index (Phi) is 6.63. The van der Waals surface area contributed by atoms with E-state index in [1.807, 2.05) is 0 Å². The van der Waals surface area contributed by atoms with Crippen molar-refractivity contribution < 1.29 is 0 Å². The van der Waals surface area contributed by atoms with Gasteiger partial charge in [-0.05, 0) is 104 Å². The highest BCUT2D eigenvalue weighted by Gasteiger charge is 2.46. The van der Waals surface area contributed by atoms with E-state index < -0.39 is 0 Å². The summed E-state index contributed by atoms with van der Waals surface area (Å²) in [6.45, 7) is 26.1. The maximum atomic E-state index is 2.83. The molecule has 4 nitrogen and oxygen atoms in total. The first-order valence-electron chi connectivity index (χ1n) is 13.0. The molecule has 0 atom stereocenters. The van der Waals surface area contributed by atoms with E-state index in [1.54, 1.807) is 0 Å². The molecule has 0 bridgehead atoms. The predicted octanol–water partition coefficient (Wildman–Crippen LogP) is 4.16. The third-order valence-electron chi connectivity index (χ3n) is 8.99. The Morgan fingerprint density at radius 3 is 1.67 bits per heavy atom. The van der Waals surface area contributed by atoms with Gasteiger partial charge in [-0.25, -0.2) is 0 Å². The van der Waals surface area contributed by atoms with Gasteiger partial charge in [-0.3, -0.25) is 14.7 Å². The predicted molar refractivity (Wildman–Crippen MR) is 128 cm³/mol. The van der Waals surface area contributed by atoms with Crippen molar-refractivity contribution in [1.82, 2.24) is 19.6 Å². The molecule has 0 aromatic rings. The SMILES string of the molecule is CC(C)(C)N1CCC(CN2CC3(CCC(N4CCN(C(C)(C)C)CC4)CC3)C2)CC1. The van der Waals surface area contributed by atoms with Crippen LogP contribution in [0.1, 0.15) is 80.1 Å². The molecule has 0 N–H and O–H groups in total. The summed E-state index contributed by atoms with van der Waals surface area (Å²) in [6, 6.07) is 0.869. The first-order chi connectivity index (χ1) is 14.0. The van der Waals surface area contributed by atoms with Crippen LogP contribution in [0.4, 0.5) is 0 Å². The average molecular weight is 419 g/mol. The molecular weight excluding hydrogens is 368 g/mol. The van der Waals surface area contributed by atoms with Gasteiger partial charge < -0.3 is 4.90 Å². The van der Waals surface area contributed by atoms with Crippen LogP contribution in [0, 0.1) is 11.3 Å². The lowest BCUT2D eigenvalue weighted by Gasteiger charge is -2.56. The highest BCUT2D eigenvalue weighted by molar-refractivity contribution is 5.00. The number of hydrogen-bond acceptors (Lipinski definition) is 4. The minimum absolute atomic E-state index is 0.335. The van der Waals surface area contributed by atoms with E-state index in [-0.39, 0.29) is 0 Å². The van der Waals surface area contributed by atoms with Crippen molar-refractivity contribution in [2.24, 2.45) is 11.3 Å². The van der Waals surface area contributed by atoms with E-state index in [2.05, 4.69) is 61.1 Å². The fraction of sp³-hybridized carbons (Fsp3) is 1.00. The molecule has 3 heterocycles. The Morgan fingerprint density at radius 2 is 1.17 bits per heavy atom. The second-order valence-electron chi connectivity index (χ2n) is 13.2. The van der Waals surface area contributed by atoms with E-state index in [4.69, 9.17) is 0 Å². The second-order valence-corrected chi connectivity index (χ2v) is 13.2. The van der Waals surface area contributed by atoms with E-state index >= 15 is 0 Å². The molecule has 0 amide bonds. The number of likely N-dealkylation sites (tertiary alicyclic amines) is 2. The number of hydrogen-bond donors (Lipinski definition) is 0.